The smallest absolute Gasteiger partial charge is 0.243 e. The zero-order chi connectivity index (χ0) is 24.5. The van der Waals surface area contributed by atoms with E-state index in [4.69, 9.17) is 9.47 Å². The highest BCUT2D eigenvalue weighted by atomic mass is 19.1. The number of benzene rings is 2. The van der Waals surface area contributed by atoms with Crippen LogP contribution in [0.4, 0.5) is 15.8 Å². The Bertz CT molecular complexity index is 967. The van der Waals surface area contributed by atoms with Gasteiger partial charge in [0, 0.05) is 48.8 Å². The second-order valence-corrected chi connectivity index (χ2v) is 8.02. The third-order valence-corrected chi connectivity index (χ3v) is 4.83. The molecule has 178 valence electrons. The minimum absolute atomic E-state index is 0.0302. The number of halogens is 1. The van der Waals surface area contributed by atoms with Crippen LogP contribution in [0.5, 0.6) is 5.75 Å². The molecule has 0 unspecified atom stereocenters. The van der Waals surface area contributed by atoms with Gasteiger partial charge in [-0.1, -0.05) is 20.4 Å². The van der Waals surface area contributed by atoms with Gasteiger partial charge in [0.1, 0.15) is 18.2 Å². The van der Waals surface area contributed by atoms with E-state index in [1.165, 1.54) is 11.0 Å². The maximum absolute atomic E-state index is 14.7. The predicted octanol–water partition coefficient (Wildman–Crippen LogP) is 4.30. The summed E-state index contributed by atoms with van der Waals surface area (Å²) < 4.78 is 25.1. The summed E-state index contributed by atoms with van der Waals surface area (Å²) in [5.41, 5.74) is 2.72. The van der Waals surface area contributed by atoms with Gasteiger partial charge in [-0.25, -0.2) is 4.39 Å². The molecule has 0 bridgehead atoms. The van der Waals surface area contributed by atoms with Crippen molar-refractivity contribution in [3.8, 4) is 5.75 Å². The fraction of sp³-hybridized carbons (Fsp3) is 0.360. The number of rotatable bonds is 11. The molecule has 2 rings (SSSR count). The fourth-order valence-corrected chi connectivity index (χ4v) is 3.23. The second kappa shape index (κ2) is 12.0. The molecular weight excluding hydrogens is 425 g/mol. The van der Waals surface area contributed by atoms with Crippen LogP contribution >= 0.6 is 0 Å². The quantitative estimate of drug-likeness (QED) is 0.492. The summed E-state index contributed by atoms with van der Waals surface area (Å²) in [6, 6.07) is 10.0. The number of nitrogens with zero attached hydrogens (tertiary/aromatic N) is 1. The largest absolute Gasteiger partial charge is 0.491 e. The van der Waals surface area contributed by atoms with E-state index in [9.17, 15) is 14.0 Å². The van der Waals surface area contributed by atoms with Crippen molar-refractivity contribution in [1.82, 2.24) is 4.90 Å². The first-order valence-corrected chi connectivity index (χ1v) is 10.7. The Morgan fingerprint density at radius 2 is 1.70 bits per heavy atom. The molecule has 0 fully saturated rings. The number of hydrogen-bond donors (Lipinski definition) is 2. The standard InChI is InChI=1S/C25H32FN3O4/c1-16(2)25(31)29(5)15-23(30)28-20-9-7-19(8-10-20)27-18(4)24-17(3)13-21(14-22(24)26)33-12-11-32-6/h7-10,13-14,16,27H,4,11-12,15H2,1-3,5-6H3,(H,28,30). The summed E-state index contributed by atoms with van der Waals surface area (Å²) in [5, 5.41) is 5.85. The summed E-state index contributed by atoms with van der Waals surface area (Å²) in [7, 11) is 3.17. The summed E-state index contributed by atoms with van der Waals surface area (Å²) >= 11 is 0. The lowest BCUT2D eigenvalue weighted by Crippen LogP contribution is -2.37. The van der Waals surface area contributed by atoms with E-state index in [-0.39, 0.29) is 24.3 Å². The van der Waals surface area contributed by atoms with Crippen molar-refractivity contribution in [3.05, 3.63) is 59.9 Å². The molecule has 2 aromatic rings. The Labute approximate surface area is 194 Å². The van der Waals surface area contributed by atoms with Crippen molar-refractivity contribution < 1.29 is 23.5 Å². The Hall–Kier alpha value is -3.39. The van der Waals surface area contributed by atoms with Crippen LogP contribution in [0.2, 0.25) is 0 Å². The van der Waals surface area contributed by atoms with E-state index < -0.39 is 5.82 Å². The molecule has 0 spiro atoms. The number of methoxy groups -OCH3 is 1. The van der Waals surface area contributed by atoms with E-state index >= 15 is 0 Å². The summed E-state index contributed by atoms with van der Waals surface area (Å²) in [5.74, 6) is -0.570. The molecule has 0 aliphatic carbocycles. The molecule has 0 aromatic heterocycles. The number of likely N-dealkylation sites (N-methyl/N-ethyl adjacent to an activating group) is 1. The van der Waals surface area contributed by atoms with Gasteiger partial charge in [0.2, 0.25) is 11.8 Å². The molecule has 0 heterocycles. The lowest BCUT2D eigenvalue weighted by Gasteiger charge is -2.19. The van der Waals surface area contributed by atoms with Gasteiger partial charge in [-0.05, 0) is 42.8 Å². The third-order valence-electron chi connectivity index (χ3n) is 4.83. The monoisotopic (exact) mass is 457 g/mol. The molecule has 0 aliphatic rings. The predicted molar refractivity (Wildman–Crippen MR) is 129 cm³/mol. The minimum atomic E-state index is -0.441. The van der Waals surface area contributed by atoms with Gasteiger partial charge in [-0.3, -0.25) is 9.59 Å². The first kappa shape index (κ1) is 25.9. The topological polar surface area (TPSA) is 79.9 Å². The Morgan fingerprint density at radius 1 is 1.09 bits per heavy atom. The number of aryl methyl sites for hydroxylation is 1. The highest BCUT2D eigenvalue weighted by Gasteiger charge is 2.16. The molecule has 33 heavy (non-hydrogen) atoms. The van der Waals surface area contributed by atoms with E-state index in [1.54, 1.807) is 65.3 Å². The first-order valence-electron chi connectivity index (χ1n) is 10.7. The van der Waals surface area contributed by atoms with E-state index in [2.05, 4.69) is 17.2 Å². The number of carbonyl (C=O) groups is 2. The van der Waals surface area contributed by atoms with Crippen LogP contribution in [0.25, 0.3) is 5.70 Å². The van der Waals surface area contributed by atoms with Gasteiger partial charge in [0.25, 0.3) is 0 Å². The van der Waals surface area contributed by atoms with Crippen LogP contribution in [0.3, 0.4) is 0 Å². The number of carbonyl (C=O) groups excluding carboxylic acids is 2. The van der Waals surface area contributed by atoms with E-state index in [0.717, 1.165) is 0 Å². The molecule has 8 heteroatoms. The van der Waals surface area contributed by atoms with Crippen molar-refractivity contribution in [1.29, 1.82) is 0 Å². The van der Waals surface area contributed by atoms with Crippen LogP contribution in [0, 0.1) is 18.7 Å². The fourth-order valence-electron chi connectivity index (χ4n) is 3.23. The molecule has 7 nitrogen and oxygen atoms in total. The number of hydrogen-bond acceptors (Lipinski definition) is 5. The Kier molecular flexibility index (Phi) is 9.42. The lowest BCUT2D eigenvalue weighted by atomic mass is 10.0. The Morgan fingerprint density at radius 3 is 2.24 bits per heavy atom. The average Bonchev–Trinajstić information content (AvgIpc) is 2.74. The molecular formula is C25H32FN3O4. The SMILES string of the molecule is C=C(Nc1ccc(NC(=O)CN(C)C(=O)C(C)C)cc1)c1c(C)cc(OCCOC)cc1F. The van der Waals surface area contributed by atoms with Gasteiger partial charge in [0.15, 0.2) is 0 Å². The average molecular weight is 458 g/mol. The number of nitrogens with one attached hydrogen (secondary N) is 2. The zero-order valence-corrected chi connectivity index (χ0v) is 19.8. The summed E-state index contributed by atoms with van der Waals surface area (Å²) in [6.45, 7) is 10.0. The van der Waals surface area contributed by atoms with Crippen molar-refractivity contribution in [2.24, 2.45) is 5.92 Å². The molecule has 2 N–H and O–H groups in total. The third kappa shape index (κ3) is 7.61. The van der Waals surface area contributed by atoms with Crippen LogP contribution in [0.15, 0.2) is 43.0 Å². The van der Waals surface area contributed by atoms with Crippen LogP contribution in [-0.2, 0) is 14.3 Å². The van der Waals surface area contributed by atoms with Crippen LogP contribution in [0.1, 0.15) is 25.0 Å². The van der Waals surface area contributed by atoms with E-state index in [1.807, 2.05) is 0 Å². The number of ether oxygens (including phenoxy) is 2. The first-order chi connectivity index (χ1) is 15.6. The van der Waals surface area contributed by atoms with Gasteiger partial charge in [-0.15, -0.1) is 0 Å². The van der Waals surface area contributed by atoms with Crippen molar-refractivity contribution >= 4 is 28.9 Å². The van der Waals surface area contributed by atoms with E-state index in [0.29, 0.717) is 47.2 Å². The number of amides is 2. The highest BCUT2D eigenvalue weighted by Crippen LogP contribution is 2.28. The second-order valence-electron chi connectivity index (χ2n) is 8.02. The molecule has 2 amide bonds. The maximum atomic E-state index is 14.7. The highest BCUT2D eigenvalue weighted by molar-refractivity contribution is 5.95. The normalized spacial score (nSPS) is 10.6. The minimum Gasteiger partial charge on any atom is -0.491 e. The Balaban J connectivity index is 1.98. The van der Waals surface area contributed by atoms with Crippen molar-refractivity contribution in [2.45, 2.75) is 20.8 Å². The van der Waals surface area contributed by atoms with Gasteiger partial charge in [-0.2, -0.15) is 0 Å². The zero-order valence-electron chi connectivity index (χ0n) is 19.8. The maximum Gasteiger partial charge on any atom is 0.243 e. The molecule has 0 aliphatic heterocycles. The number of anilines is 2. The van der Waals surface area contributed by atoms with Crippen molar-refractivity contribution in [2.75, 3.05) is 44.5 Å². The molecule has 0 atom stereocenters. The molecule has 0 saturated carbocycles. The molecule has 2 aromatic carbocycles. The van der Waals surface area contributed by atoms with Gasteiger partial charge >= 0.3 is 0 Å². The summed E-state index contributed by atoms with van der Waals surface area (Å²) in [4.78, 5) is 25.5. The molecule has 0 saturated heterocycles. The summed E-state index contributed by atoms with van der Waals surface area (Å²) in [6.07, 6.45) is 0. The van der Waals surface area contributed by atoms with Crippen LogP contribution in [-0.4, -0.2) is 50.6 Å². The van der Waals surface area contributed by atoms with Gasteiger partial charge in [0.05, 0.1) is 13.2 Å². The lowest BCUT2D eigenvalue weighted by molar-refractivity contribution is -0.136. The van der Waals surface area contributed by atoms with Crippen LogP contribution < -0.4 is 15.4 Å². The van der Waals surface area contributed by atoms with Gasteiger partial charge < -0.3 is 25.0 Å². The van der Waals surface area contributed by atoms with Crippen molar-refractivity contribution in [3.63, 3.8) is 0 Å². The molecule has 0 radical (unpaired) electrons.